The van der Waals surface area contributed by atoms with Gasteiger partial charge in [0, 0.05) is 13.7 Å². The number of methoxy groups -OCH3 is 1. The van der Waals surface area contributed by atoms with Gasteiger partial charge in [-0.05, 0) is 43.4 Å². The van der Waals surface area contributed by atoms with Gasteiger partial charge in [0.15, 0.2) is 0 Å². The molecule has 24 heavy (non-hydrogen) atoms. The lowest BCUT2D eigenvalue weighted by Gasteiger charge is -2.39. The Morgan fingerprint density at radius 1 is 1.25 bits per heavy atom. The molecule has 2 fully saturated rings. The van der Waals surface area contributed by atoms with Gasteiger partial charge in [-0.15, -0.1) is 0 Å². The molecule has 1 saturated carbocycles. The number of carbonyl (C=O) groups excluding carboxylic acids is 2. The van der Waals surface area contributed by atoms with Crippen LogP contribution in [0.4, 0.5) is 4.39 Å². The van der Waals surface area contributed by atoms with Crippen molar-refractivity contribution in [3.05, 3.63) is 35.6 Å². The molecule has 0 spiro atoms. The number of hydrogen-bond acceptors (Lipinski definition) is 3. The number of halogens is 1. The molecule has 5 nitrogen and oxygen atoms in total. The number of carbonyl (C=O) groups is 2. The first-order chi connectivity index (χ1) is 11.4. The zero-order valence-electron chi connectivity index (χ0n) is 13.9. The Bertz CT molecular complexity index is 642. The molecule has 1 aromatic rings. The van der Waals surface area contributed by atoms with Crippen LogP contribution in [0.1, 0.15) is 37.7 Å². The second-order valence-electron chi connectivity index (χ2n) is 6.95. The van der Waals surface area contributed by atoms with Crippen molar-refractivity contribution >= 4 is 11.8 Å². The Morgan fingerprint density at radius 3 is 2.46 bits per heavy atom. The first-order valence-electron chi connectivity index (χ1n) is 8.29. The van der Waals surface area contributed by atoms with Crippen LogP contribution in [0.3, 0.4) is 0 Å². The van der Waals surface area contributed by atoms with Crippen LogP contribution >= 0.6 is 0 Å². The Labute approximate surface area is 141 Å². The van der Waals surface area contributed by atoms with Gasteiger partial charge in [0.1, 0.15) is 5.82 Å². The molecule has 1 aliphatic heterocycles. The summed E-state index contributed by atoms with van der Waals surface area (Å²) in [6.45, 7) is 0.888. The zero-order valence-corrected chi connectivity index (χ0v) is 13.9. The molecule has 130 valence electrons. The molecule has 1 atom stereocenters. The number of ether oxygens (including phenoxy) is 1. The molecule has 0 radical (unpaired) electrons. The third-order valence-corrected chi connectivity index (χ3v) is 5.31. The second kappa shape index (κ2) is 6.16. The maximum absolute atomic E-state index is 13.3. The van der Waals surface area contributed by atoms with Crippen molar-refractivity contribution in [1.82, 2.24) is 4.90 Å². The first-order valence-corrected chi connectivity index (χ1v) is 8.29. The van der Waals surface area contributed by atoms with Crippen molar-refractivity contribution in [2.45, 2.75) is 43.1 Å². The smallest absolute Gasteiger partial charge is 0.233 e. The van der Waals surface area contributed by atoms with Crippen molar-refractivity contribution in [1.29, 1.82) is 0 Å². The number of likely N-dealkylation sites (tertiary alicyclic amines) is 1. The van der Waals surface area contributed by atoms with Crippen LogP contribution in [0.5, 0.6) is 0 Å². The minimum atomic E-state index is -0.659. The second-order valence-corrected chi connectivity index (χ2v) is 6.95. The molecule has 1 unspecified atom stereocenters. The summed E-state index contributed by atoms with van der Waals surface area (Å²) in [5.74, 6) is -0.742. The van der Waals surface area contributed by atoms with E-state index >= 15 is 0 Å². The largest absolute Gasteiger partial charge is 0.382 e. The van der Waals surface area contributed by atoms with E-state index in [0.717, 1.165) is 24.8 Å². The summed E-state index contributed by atoms with van der Waals surface area (Å²) in [6.07, 6.45) is 3.12. The Balaban J connectivity index is 1.90. The van der Waals surface area contributed by atoms with E-state index in [0.29, 0.717) is 19.6 Å². The summed E-state index contributed by atoms with van der Waals surface area (Å²) >= 11 is 0. The number of rotatable bonds is 6. The van der Waals surface area contributed by atoms with E-state index in [1.807, 2.05) is 0 Å². The molecule has 0 bridgehead atoms. The highest BCUT2D eigenvalue weighted by atomic mass is 19.1. The van der Waals surface area contributed by atoms with Crippen molar-refractivity contribution in [3.8, 4) is 0 Å². The molecule has 1 heterocycles. The van der Waals surface area contributed by atoms with Gasteiger partial charge in [0.05, 0.1) is 24.0 Å². The van der Waals surface area contributed by atoms with E-state index < -0.39 is 16.9 Å². The van der Waals surface area contributed by atoms with E-state index in [9.17, 15) is 14.0 Å². The van der Waals surface area contributed by atoms with Crippen molar-refractivity contribution in [2.24, 2.45) is 5.73 Å². The molecule has 1 aliphatic carbocycles. The SMILES string of the molecule is COCC1(CC(N)=O)CCCN1C(=O)C1(c2ccc(F)cc2)CC1. The van der Waals surface area contributed by atoms with E-state index in [-0.39, 0.29) is 18.1 Å². The molecule has 6 heteroatoms. The van der Waals surface area contributed by atoms with Crippen molar-refractivity contribution in [3.63, 3.8) is 0 Å². The van der Waals surface area contributed by atoms with Gasteiger partial charge < -0.3 is 15.4 Å². The predicted octanol–water partition coefficient (Wildman–Crippen LogP) is 1.74. The maximum atomic E-state index is 13.3. The van der Waals surface area contributed by atoms with E-state index in [4.69, 9.17) is 10.5 Å². The Morgan fingerprint density at radius 2 is 1.92 bits per heavy atom. The first kappa shape index (κ1) is 16.9. The zero-order chi connectivity index (χ0) is 17.4. The van der Waals surface area contributed by atoms with E-state index in [1.165, 1.54) is 12.1 Å². The number of primary amides is 1. The van der Waals surface area contributed by atoms with Gasteiger partial charge in [0.2, 0.25) is 11.8 Å². The molecule has 2 N–H and O–H groups in total. The highest BCUT2D eigenvalue weighted by Gasteiger charge is 2.57. The minimum absolute atomic E-state index is 0.00454. The fourth-order valence-corrected chi connectivity index (χ4v) is 4.01. The third-order valence-electron chi connectivity index (χ3n) is 5.31. The fraction of sp³-hybridized carbons (Fsp3) is 0.556. The minimum Gasteiger partial charge on any atom is -0.382 e. The Hall–Kier alpha value is -1.95. The van der Waals surface area contributed by atoms with Crippen molar-refractivity contribution < 1.29 is 18.7 Å². The van der Waals surface area contributed by atoms with Crippen molar-refractivity contribution in [2.75, 3.05) is 20.3 Å². The summed E-state index contributed by atoms with van der Waals surface area (Å²) in [5, 5.41) is 0. The summed E-state index contributed by atoms with van der Waals surface area (Å²) in [4.78, 5) is 26.7. The van der Waals surface area contributed by atoms with Gasteiger partial charge in [-0.25, -0.2) is 4.39 Å². The molecule has 0 aromatic heterocycles. The lowest BCUT2D eigenvalue weighted by molar-refractivity contribution is -0.141. The van der Waals surface area contributed by atoms with Crippen LogP contribution in [-0.4, -0.2) is 42.5 Å². The summed E-state index contributed by atoms with van der Waals surface area (Å²) in [5.41, 5.74) is 5.02. The van der Waals surface area contributed by atoms with Crippen LogP contribution in [0, 0.1) is 5.82 Å². The summed E-state index contributed by atoms with van der Waals surface area (Å²) in [7, 11) is 1.57. The lowest BCUT2D eigenvalue weighted by Crippen LogP contribution is -2.55. The van der Waals surface area contributed by atoms with Gasteiger partial charge in [0.25, 0.3) is 0 Å². The predicted molar refractivity (Wildman–Crippen MR) is 86.7 cm³/mol. The van der Waals surface area contributed by atoms with Crippen LogP contribution in [0.25, 0.3) is 0 Å². The molecular weight excluding hydrogens is 311 g/mol. The van der Waals surface area contributed by atoms with Gasteiger partial charge in [-0.3, -0.25) is 9.59 Å². The number of nitrogens with zero attached hydrogens (tertiary/aromatic N) is 1. The molecule has 1 saturated heterocycles. The number of amides is 2. The average molecular weight is 334 g/mol. The van der Waals surface area contributed by atoms with E-state index in [1.54, 1.807) is 24.1 Å². The van der Waals surface area contributed by atoms with E-state index in [2.05, 4.69) is 0 Å². The molecule has 2 aliphatic rings. The standard InChI is InChI=1S/C18H23FN2O3/c1-24-12-17(11-15(20)22)7-2-10-21(17)16(23)18(8-9-18)13-3-5-14(19)6-4-13/h3-6H,2,7-12H2,1H3,(H2,20,22). The third kappa shape index (κ3) is 2.79. The maximum Gasteiger partial charge on any atom is 0.233 e. The average Bonchev–Trinajstić information content (AvgIpc) is 3.24. The molecule has 3 rings (SSSR count). The van der Waals surface area contributed by atoms with Gasteiger partial charge in [-0.2, -0.15) is 0 Å². The lowest BCUT2D eigenvalue weighted by atomic mass is 9.88. The van der Waals surface area contributed by atoms with Crippen LogP contribution < -0.4 is 5.73 Å². The van der Waals surface area contributed by atoms with Crippen LogP contribution in [0.2, 0.25) is 0 Å². The number of hydrogen-bond donors (Lipinski definition) is 1. The highest BCUT2D eigenvalue weighted by molar-refractivity contribution is 5.92. The van der Waals surface area contributed by atoms with Gasteiger partial charge >= 0.3 is 0 Å². The topological polar surface area (TPSA) is 72.6 Å². The molecule has 2 amide bonds. The summed E-state index contributed by atoms with van der Waals surface area (Å²) < 4.78 is 18.5. The van der Waals surface area contributed by atoms with Crippen LogP contribution in [-0.2, 0) is 19.7 Å². The molecular formula is C18H23FN2O3. The fourth-order valence-electron chi connectivity index (χ4n) is 4.01. The quantitative estimate of drug-likeness (QED) is 0.861. The monoisotopic (exact) mass is 334 g/mol. The normalized spacial score (nSPS) is 24.8. The van der Waals surface area contributed by atoms with Gasteiger partial charge in [-0.1, -0.05) is 12.1 Å². The number of nitrogens with two attached hydrogens (primary N) is 1. The molecule has 1 aromatic carbocycles. The summed E-state index contributed by atoms with van der Waals surface area (Å²) in [6, 6.07) is 6.14. The highest BCUT2D eigenvalue weighted by Crippen LogP contribution is 2.51. The number of benzene rings is 1. The van der Waals surface area contributed by atoms with Crippen LogP contribution in [0.15, 0.2) is 24.3 Å². The Kier molecular flexibility index (Phi) is 4.34.